The first kappa shape index (κ1) is 23.9. The van der Waals surface area contributed by atoms with Crippen LogP contribution >= 0.6 is 11.3 Å². The van der Waals surface area contributed by atoms with Crippen LogP contribution in [-0.4, -0.2) is 65.0 Å². The summed E-state index contributed by atoms with van der Waals surface area (Å²) in [6, 6.07) is 13.7. The molecule has 2 aromatic carbocycles. The number of ether oxygens (including phenoxy) is 1. The molecule has 3 atom stereocenters. The van der Waals surface area contributed by atoms with E-state index in [-0.39, 0.29) is 29.9 Å². The van der Waals surface area contributed by atoms with Crippen molar-refractivity contribution in [3.8, 4) is 0 Å². The SMILES string of the molecule is CC1CN(Cc2csc(NC(=O)C3CCCN(C(=O)c4cccc5ccccc45)C3)n2)CC(C)O1. The molecule has 0 radical (unpaired) electrons. The van der Waals surface area contributed by atoms with Gasteiger partial charge in [-0.3, -0.25) is 14.5 Å². The largest absolute Gasteiger partial charge is 0.373 e. The minimum absolute atomic E-state index is 0.00944. The van der Waals surface area contributed by atoms with Gasteiger partial charge in [-0.05, 0) is 43.5 Å². The van der Waals surface area contributed by atoms with Crippen LogP contribution in [0.2, 0.25) is 0 Å². The van der Waals surface area contributed by atoms with Crippen LogP contribution in [0.15, 0.2) is 47.8 Å². The van der Waals surface area contributed by atoms with Crippen LogP contribution in [0.1, 0.15) is 42.7 Å². The quantitative estimate of drug-likeness (QED) is 0.572. The highest BCUT2D eigenvalue weighted by molar-refractivity contribution is 7.13. The Bertz CT molecular complexity index is 1200. The lowest BCUT2D eigenvalue weighted by molar-refractivity contribution is -0.121. The van der Waals surface area contributed by atoms with E-state index in [0.29, 0.717) is 23.8 Å². The fraction of sp³-hybridized carbons (Fsp3) is 0.444. The van der Waals surface area contributed by atoms with Crippen LogP contribution in [0.25, 0.3) is 10.8 Å². The average molecular weight is 493 g/mol. The molecule has 0 aliphatic carbocycles. The Hall–Kier alpha value is -2.81. The topological polar surface area (TPSA) is 74.8 Å². The first-order chi connectivity index (χ1) is 17.0. The van der Waals surface area contributed by atoms with Gasteiger partial charge >= 0.3 is 0 Å². The molecular weight excluding hydrogens is 460 g/mol. The van der Waals surface area contributed by atoms with E-state index in [9.17, 15) is 9.59 Å². The lowest BCUT2D eigenvalue weighted by atomic mass is 9.95. The summed E-state index contributed by atoms with van der Waals surface area (Å²) < 4.78 is 5.81. The van der Waals surface area contributed by atoms with Crippen molar-refractivity contribution in [2.75, 3.05) is 31.5 Å². The maximum absolute atomic E-state index is 13.3. The average Bonchev–Trinajstić information content (AvgIpc) is 3.29. The second kappa shape index (κ2) is 10.4. The summed E-state index contributed by atoms with van der Waals surface area (Å²) in [7, 11) is 0. The number of rotatable bonds is 5. The molecular formula is C27H32N4O3S. The van der Waals surface area contributed by atoms with Gasteiger partial charge in [0.05, 0.1) is 23.8 Å². The van der Waals surface area contributed by atoms with E-state index in [0.717, 1.165) is 48.9 Å². The summed E-state index contributed by atoms with van der Waals surface area (Å²) >= 11 is 1.46. The lowest BCUT2D eigenvalue weighted by Crippen LogP contribution is -2.44. The van der Waals surface area contributed by atoms with Gasteiger partial charge in [0.1, 0.15) is 0 Å². The molecule has 2 saturated heterocycles. The number of hydrogen-bond acceptors (Lipinski definition) is 6. The number of piperidine rings is 1. The van der Waals surface area contributed by atoms with E-state index in [1.165, 1.54) is 11.3 Å². The number of carbonyl (C=O) groups excluding carboxylic acids is 2. The van der Waals surface area contributed by atoms with Crippen molar-refractivity contribution in [3.05, 3.63) is 59.1 Å². The van der Waals surface area contributed by atoms with Crippen LogP contribution in [0.5, 0.6) is 0 Å². The number of amides is 2. The molecule has 5 rings (SSSR count). The number of thiazole rings is 1. The maximum Gasteiger partial charge on any atom is 0.254 e. The lowest BCUT2D eigenvalue weighted by Gasteiger charge is -2.34. The predicted molar refractivity (Wildman–Crippen MR) is 139 cm³/mol. The second-order valence-electron chi connectivity index (χ2n) is 9.70. The monoisotopic (exact) mass is 492 g/mol. The third-order valence-electron chi connectivity index (χ3n) is 6.76. The van der Waals surface area contributed by atoms with E-state index in [1.54, 1.807) is 0 Å². The summed E-state index contributed by atoms with van der Waals surface area (Å²) in [5.74, 6) is -0.310. The van der Waals surface area contributed by atoms with Gasteiger partial charge in [-0.2, -0.15) is 0 Å². The first-order valence-corrected chi connectivity index (χ1v) is 13.2. The summed E-state index contributed by atoms with van der Waals surface area (Å²) in [5.41, 5.74) is 1.66. The number of nitrogens with one attached hydrogen (secondary N) is 1. The second-order valence-corrected chi connectivity index (χ2v) is 10.6. The Morgan fingerprint density at radius 3 is 2.69 bits per heavy atom. The van der Waals surface area contributed by atoms with Crippen molar-refractivity contribution < 1.29 is 14.3 Å². The zero-order valence-electron chi connectivity index (χ0n) is 20.3. The normalized spacial score (nSPS) is 23.4. The van der Waals surface area contributed by atoms with E-state index in [2.05, 4.69) is 29.0 Å². The van der Waals surface area contributed by atoms with Gasteiger partial charge in [-0.15, -0.1) is 11.3 Å². The van der Waals surface area contributed by atoms with E-state index in [4.69, 9.17) is 4.74 Å². The van der Waals surface area contributed by atoms with Crippen LogP contribution in [0, 0.1) is 5.92 Å². The number of morpholine rings is 1. The van der Waals surface area contributed by atoms with Crippen molar-refractivity contribution >= 4 is 39.1 Å². The zero-order valence-corrected chi connectivity index (χ0v) is 21.1. The molecule has 0 saturated carbocycles. The van der Waals surface area contributed by atoms with Gasteiger partial charge in [0, 0.05) is 43.7 Å². The number of fused-ring (bicyclic) bond motifs is 1. The molecule has 2 fully saturated rings. The third-order valence-corrected chi connectivity index (χ3v) is 7.57. The van der Waals surface area contributed by atoms with Gasteiger partial charge in [0.2, 0.25) is 5.91 Å². The Labute approximate surface area is 210 Å². The minimum Gasteiger partial charge on any atom is -0.373 e. The molecule has 0 spiro atoms. The molecule has 1 aromatic heterocycles. The first-order valence-electron chi connectivity index (χ1n) is 12.4. The molecule has 3 aromatic rings. The highest BCUT2D eigenvalue weighted by Crippen LogP contribution is 2.25. The highest BCUT2D eigenvalue weighted by Gasteiger charge is 2.30. The number of anilines is 1. The zero-order chi connectivity index (χ0) is 24.4. The Morgan fingerprint density at radius 1 is 1.09 bits per heavy atom. The van der Waals surface area contributed by atoms with Crippen molar-refractivity contribution in [2.24, 2.45) is 5.92 Å². The van der Waals surface area contributed by atoms with Gasteiger partial charge in [0.15, 0.2) is 5.13 Å². The molecule has 3 heterocycles. The molecule has 2 aliphatic rings. The molecule has 3 unspecified atom stereocenters. The predicted octanol–water partition coefficient (Wildman–Crippen LogP) is 4.40. The summed E-state index contributed by atoms with van der Waals surface area (Å²) in [6.07, 6.45) is 2.00. The van der Waals surface area contributed by atoms with Crippen LogP contribution in [0.4, 0.5) is 5.13 Å². The van der Waals surface area contributed by atoms with E-state index in [1.807, 2.05) is 52.7 Å². The van der Waals surface area contributed by atoms with E-state index >= 15 is 0 Å². The van der Waals surface area contributed by atoms with Crippen molar-refractivity contribution in [1.82, 2.24) is 14.8 Å². The van der Waals surface area contributed by atoms with Crippen molar-refractivity contribution in [2.45, 2.75) is 45.4 Å². The smallest absolute Gasteiger partial charge is 0.254 e. The van der Waals surface area contributed by atoms with Gasteiger partial charge in [0.25, 0.3) is 5.91 Å². The number of aromatic nitrogens is 1. The van der Waals surface area contributed by atoms with Gasteiger partial charge in [-0.25, -0.2) is 4.98 Å². The molecule has 2 aliphatic heterocycles. The molecule has 8 heteroatoms. The fourth-order valence-electron chi connectivity index (χ4n) is 5.24. The Balaban J connectivity index is 1.20. The molecule has 184 valence electrons. The molecule has 35 heavy (non-hydrogen) atoms. The Morgan fingerprint density at radius 2 is 1.86 bits per heavy atom. The number of nitrogens with zero attached hydrogens (tertiary/aromatic N) is 3. The van der Waals surface area contributed by atoms with Crippen LogP contribution in [-0.2, 0) is 16.1 Å². The standard InChI is InChI=1S/C27H32N4O3S/c1-18-13-30(14-19(2)34-18)16-22-17-35-27(28-22)29-25(32)21-9-6-12-31(15-21)26(33)24-11-5-8-20-7-3-4-10-23(20)24/h3-5,7-8,10-11,17-19,21H,6,9,12-16H2,1-2H3,(H,28,29,32). The summed E-state index contributed by atoms with van der Waals surface area (Å²) in [5, 5.41) is 7.63. The molecule has 1 N–H and O–H groups in total. The summed E-state index contributed by atoms with van der Waals surface area (Å²) in [4.78, 5) is 35.2. The molecule has 0 bridgehead atoms. The van der Waals surface area contributed by atoms with Crippen molar-refractivity contribution in [1.29, 1.82) is 0 Å². The highest BCUT2D eigenvalue weighted by atomic mass is 32.1. The maximum atomic E-state index is 13.3. The van der Waals surface area contributed by atoms with E-state index < -0.39 is 0 Å². The third kappa shape index (κ3) is 5.55. The number of hydrogen-bond donors (Lipinski definition) is 1. The fourth-order valence-corrected chi connectivity index (χ4v) is 5.95. The molecule has 2 amide bonds. The van der Waals surface area contributed by atoms with Gasteiger partial charge < -0.3 is 15.0 Å². The van der Waals surface area contributed by atoms with Crippen molar-refractivity contribution in [3.63, 3.8) is 0 Å². The van der Waals surface area contributed by atoms with Crippen LogP contribution in [0.3, 0.4) is 0 Å². The minimum atomic E-state index is -0.240. The number of benzene rings is 2. The number of likely N-dealkylation sites (tertiary alicyclic amines) is 1. The van der Waals surface area contributed by atoms with Crippen LogP contribution < -0.4 is 5.32 Å². The molecule has 7 nitrogen and oxygen atoms in total. The number of carbonyl (C=O) groups is 2. The summed E-state index contributed by atoms with van der Waals surface area (Å²) in [6.45, 7) is 7.79. The Kier molecular flexibility index (Phi) is 7.13. The van der Waals surface area contributed by atoms with Gasteiger partial charge in [-0.1, -0.05) is 36.4 Å².